The van der Waals surface area contributed by atoms with Gasteiger partial charge in [-0.25, -0.2) is 0 Å². The van der Waals surface area contributed by atoms with E-state index in [0.29, 0.717) is 6.42 Å². The van der Waals surface area contributed by atoms with Crippen LogP contribution in [-0.2, 0) is 19.4 Å². The lowest BCUT2D eigenvalue weighted by atomic mass is 9.99. The topological polar surface area (TPSA) is 44.0 Å². The second-order valence-corrected chi connectivity index (χ2v) is 5.88. The van der Waals surface area contributed by atoms with Crippen molar-refractivity contribution < 1.29 is 5.11 Å². The lowest BCUT2D eigenvalue weighted by molar-refractivity contribution is 0.281. The molecule has 0 aliphatic carbocycles. The zero-order valence-electron chi connectivity index (χ0n) is 13.4. The minimum absolute atomic E-state index is 0.0592. The largest absolute Gasteiger partial charge is 0.392 e. The molecule has 0 fully saturated rings. The van der Waals surface area contributed by atoms with Crippen LogP contribution < -0.4 is 0 Å². The van der Waals surface area contributed by atoms with Crippen molar-refractivity contribution in [3.8, 4) is 6.07 Å². The highest BCUT2D eigenvalue weighted by atomic mass is 16.3. The highest BCUT2D eigenvalue weighted by Gasteiger charge is 2.01. The van der Waals surface area contributed by atoms with Gasteiger partial charge in [0.15, 0.2) is 0 Å². The molecule has 0 saturated heterocycles. The Balaban J connectivity index is 2.28. The van der Waals surface area contributed by atoms with Crippen LogP contribution in [0.5, 0.6) is 0 Å². The average Bonchev–Trinajstić information content (AvgIpc) is 2.50. The molecule has 0 aliphatic heterocycles. The zero-order valence-corrected chi connectivity index (χ0v) is 13.4. The summed E-state index contributed by atoms with van der Waals surface area (Å²) < 4.78 is 0. The number of benzene rings is 1. The van der Waals surface area contributed by atoms with Crippen molar-refractivity contribution >= 4 is 0 Å². The molecular weight excluding hydrogens is 258 g/mol. The molecule has 0 spiro atoms. The van der Waals surface area contributed by atoms with Crippen molar-refractivity contribution in [1.29, 1.82) is 5.26 Å². The van der Waals surface area contributed by atoms with Crippen molar-refractivity contribution in [3.63, 3.8) is 0 Å². The van der Waals surface area contributed by atoms with Gasteiger partial charge in [-0.15, -0.1) is 0 Å². The van der Waals surface area contributed by atoms with Gasteiger partial charge in [0.2, 0.25) is 0 Å². The van der Waals surface area contributed by atoms with E-state index in [1.807, 2.05) is 6.07 Å². The molecule has 2 heteroatoms. The summed E-state index contributed by atoms with van der Waals surface area (Å²) in [6.07, 6.45) is 12.1. The molecule has 0 atom stereocenters. The van der Waals surface area contributed by atoms with Crippen LogP contribution in [0.15, 0.2) is 18.2 Å². The summed E-state index contributed by atoms with van der Waals surface area (Å²) in [4.78, 5) is 0. The Hall–Kier alpha value is -1.33. The number of aliphatic hydroxyl groups is 1. The Morgan fingerprint density at radius 2 is 1.43 bits per heavy atom. The first kappa shape index (κ1) is 17.7. The molecule has 0 saturated carbocycles. The second-order valence-electron chi connectivity index (χ2n) is 5.88. The summed E-state index contributed by atoms with van der Waals surface area (Å²) in [5, 5.41) is 18.1. The van der Waals surface area contributed by atoms with E-state index in [-0.39, 0.29) is 6.61 Å². The molecule has 1 rings (SSSR count). The Kier molecular flexibility index (Phi) is 9.57. The third kappa shape index (κ3) is 7.87. The quantitative estimate of drug-likeness (QED) is 0.586. The highest BCUT2D eigenvalue weighted by Crippen LogP contribution is 2.15. The van der Waals surface area contributed by atoms with E-state index in [9.17, 15) is 5.11 Å². The molecule has 1 aromatic carbocycles. The van der Waals surface area contributed by atoms with Crippen LogP contribution in [0.4, 0.5) is 0 Å². The van der Waals surface area contributed by atoms with E-state index >= 15 is 0 Å². The summed E-state index contributed by atoms with van der Waals surface area (Å²) in [6, 6.07) is 8.30. The summed E-state index contributed by atoms with van der Waals surface area (Å²) in [7, 11) is 0. The molecule has 116 valence electrons. The monoisotopic (exact) mass is 287 g/mol. The molecule has 0 bridgehead atoms. The maximum Gasteiger partial charge on any atom is 0.0682 e. The van der Waals surface area contributed by atoms with Gasteiger partial charge in [0.25, 0.3) is 0 Å². The molecule has 0 aromatic heterocycles. The van der Waals surface area contributed by atoms with E-state index in [4.69, 9.17) is 5.26 Å². The van der Waals surface area contributed by atoms with E-state index in [0.717, 1.165) is 17.5 Å². The molecule has 0 unspecified atom stereocenters. The fourth-order valence-corrected chi connectivity index (χ4v) is 2.73. The number of unbranched alkanes of at least 4 members (excludes halogenated alkanes) is 7. The van der Waals surface area contributed by atoms with E-state index in [1.54, 1.807) is 0 Å². The van der Waals surface area contributed by atoms with Gasteiger partial charge in [0.1, 0.15) is 0 Å². The van der Waals surface area contributed by atoms with Gasteiger partial charge < -0.3 is 5.11 Å². The van der Waals surface area contributed by atoms with Gasteiger partial charge in [-0.2, -0.15) is 5.26 Å². The van der Waals surface area contributed by atoms with E-state index in [2.05, 4.69) is 25.1 Å². The molecule has 1 aromatic rings. The third-order valence-electron chi connectivity index (χ3n) is 3.90. The third-order valence-corrected chi connectivity index (χ3v) is 3.90. The van der Waals surface area contributed by atoms with Gasteiger partial charge in [0.05, 0.1) is 19.1 Å². The maximum absolute atomic E-state index is 9.28. The lowest BCUT2D eigenvalue weighted by Crippen LogP contribution is -1.94. The van der Waals surface area contributed by atoms with Gasteiger partial charge in [-0.05, 0) is 29.5 Å². The van der Waals surface area contributed by atoms with E-state index in [1.165, 1.54) is 56.9 Å². The molecule has 0 heterocycles. The summed E-state index contributed by atoms with van der Waals surface area (Å²) >= 11 is 0. The van der Waals surface area contributed by atoms with Crippen LogP contribution in [0.25, 0.3) is 0 Å². The Bertz CT molecular complexity index is 434. The predicted molar refractivity (Wildman–Crippen MR) is 88.0 cm³/mol. The van der Waals surface area contributed by atoms with Crippen molar-refractivity contribution in [2.45, 2.75) is 77.7 Å². The van der Waals surface area contributed by atoms with Gasteiger partial charge in [-0.1, -0.05) is 70.1 Å². The van der Waals surface area contributed by atoms with Crippen LogP contribution in [0.3, 0.4) is 0 Å². The number of nitriles is 1. The van der Waals surface area contributed by atoms with E-state index < -0.39 is 0 Å². The molecule has 0 amide bonds. The van der Waals surface area contributed by atoms with Crippen molar-refractivity contribution in [2.24, 2.45) is 0 Å². The number of aryl methyl sites for hydroxylation is 1. The summed E-state index contributed by atoms with van der Waals surface area (Å²) in [6.45, 7) is 2.31. The molecule has 0 aliphatic rings. The SMILES string of the molecule is CCCCCCCCCCc1cc(CO)cc(CC#N)c1. The standard InChI is InChI=1S/C19H29NO/c1-2-3-4-5-6-7-8-9-10-17-13-18(11-12-20)15-19(14-17)16-21/h13-15,21H,2-11,16H2,1H3. The number of nitrogens with zero attached hydrogens (tertiary/aromatic N) is 1. The maximum atomic E-state index is 9.28. The van der Waals surface area contributed by atoms with Crippen LogP contribution >= 0.6 is 0 Å². The number of hydrogen-bond donors (Lipinski definition) is 1. The Labute approximate surface area is 129 Å². The normalized spacial score (nSPS) is 10.5. The predicted octanol–water partition coefficient (Wildman–Crippen LogP) is 4.93. The molecule has 21 heavy (non-hydrogen) atoms. The van der Waals surface area contributed by atoms with Crippen LogP contribution in [0.2, 0.25) is 0 Å². The minimum atomic E-state index is 0.0592. The summed E-state index contributed by atoms with van der Waals surface area (Å²) in [5.41, 5.74) is 3.22. The van der Waals surface area contributed by atoms with Gasteiger partial charge in [-0.3, -0.25) is 0 Å². The zero-order chi connectivity index (χ0) is 15.3. The average molecular weight is 287 g/mol. The minimum Gasteiger partial charge on any atom is -0.392 e. The van der Waals surface area contributed by atoms with Crippen molar-refractivity contribution in [3.05, 3.63) is 34.9 Å². The van der Waals surface area contributed by atoms with Crippen LogP contribution in [-0.4, -0.2) is 5.11 Å². The molecule has 0 radical (unpaired) electrons. The van der Waals surface area contributed by atoms with Crippen molar-refractivity contribution in [1.82, 2.24) is 0 Å². The molecular formula is C19H29NO. The van der Waals surface area contributed by atoms with Crippen LogP contribution in [0.1, 0.15) is 75.0 Å². The smallest absolute Gasteiger partial charge is 0.0682 e. The van der Waals surface area contributed by atoms with Gasteiger partial charge in [0, 0.05) is 0 Å². The fraction of sp³-hybridized carbons (Fsp3) is 0.632. The molecule has 1 N–H and O–H groups in total. The number of rotatable bonds is 11. The van der Waals surface area contributed by atoms with Gasteiger partial charge >= 0.3 is 0 Å². The Morgan fingerprint density at radius 3 is 2.05 bits per heavy atom. The first-order valence-corrected chi connectivity index (χ1v) is 8.39. The first-order valence-electron chi connectivity index (χ1n) is 8.39. The number of aliphatic hydroxyl groups excluding tert-OH is 1. The van der Waals surface area contributed by atoms with Crippen molar-refractivity contribution in [2.75, 3.05) is 0 Å². The summed E-state index contributed by atoms with van der Waals surface area (Å²) in [5.74, 6) is 0. The molecule has 2 nitrogen and oxygen atoms in total. The lowest BCUT2D eigenvalue weighted by Gasteiger charge is -2.07. The Morgan fingerprint density at radius 1 is 0.857 bits per heavy atom. The second kappa shape index (κ2) is 11.3. The number of hydrogen-bond acceptors (Lipinski definition) is 2. The fourth-order valence-electron chi connectivity index (χ4n) is 2.73. The first-order chi connectivity index (χ1) is 10.3. The van der Waals surface area contributed by atoms with Crippen LogP contribution in [0, 0.1) is 11.3 Å². The highest BCUT2D eigenvalue weighted by molar-refractivity contribution is 5.31.